The van der Waals surface area contributed by atoms with E-state index in [-0.39, 0.29) is 0 Å². The van der Waals surface area contributed by atoms with E-state index >= 15 is 0 Å². The van der Waals surface area contributed by atoms with E-state index in [1.165, 1.54) is 35.2 Å². The zero-order valence-electron chi connectivity index (χ0n) is 10.7. The Labute approximate surface area is 108 Å². The topological polar surface area (TPSA) is 40.7 Å². The lowest BCUT2D eigenvalue weighted by Crippen LogP contribution is -2.14. The molecule has 0 aliphatic carbocycles. The second kappa shape index (κ2) is 4.94. The minimum atomic E-state index is 0.438. The number of nitrogens with one attached hydrogen (secondary N) is 2. The van der Waals surface area contributed by atoms with Gasteiger partial charge >= 0.3 is 0 Å². The Morgan fingerprint density at radius 3 is 2.78 bits per heavy atom. The molecule has 2 N–H and O–H groups in total. The van der Waals surface area contributed by atoms with E-state index in [2.05, 4.69) is 46.7 Å². The van der Waals surface area contributed by atoms with E-state index < -0.39 is 0 Å². The van der Waals surface area contributed by atoms with Gasteiger partial charge in [-0.05, 0) is 36.9 Å². The van der Waals surface area contributed by atoms with Crippen molar-refractivity contribution in [1.29, 1.82) is 0 Å². The number of nitrogens with zero attached hydrogens (tertiary/aromatic N) is 1. The summed E-state index contributed by atoms with van der Waals surface area (Å²) in [7, 11) is 0. The fraction of sp³-hybridized carbons (Fsp3) is 0.400. The minimum absolute atomic E-state index is 0.438. The number of aromatic nitrogens is 2. The van der Waals surface area contributed by atoms with E-state index in [1.54, 1.807) is 0 Å². The zero-order chi connectivity index (χ0) is 12.4. The van der Waals surface area contributed by atoms with E-state index in [0.29, 0.717) is 6.04 Å². The SMILES string of the molecule is CCc1ccc(-c2cn[nH]c2C2CCCN2)cc1. The average Bonchev–Trinajstić information content (AvgIpc) is 3.09. The van der Waals surface area contributed by atoms with Gasteiger partial charge in [-0.3, -0.25) is 5.10 Å². The highest BCUT2D eigenvalue weighted by molar-refractivity contribution is 5.66. The van der Waals surface area contributed by atoms with Gasteiger partial charge in [-0.2, -0.15) is 5.10 Å². The summed E-state index contributed by atoms with van der Waals surface area (Å²) >= 11 is 0. The van der Waals surface area contributed by atoms with Gasteiger partial charge in [-0.1, -0.05) is 31.2 Å². The normalized spacial score (nSPS) is 19.3. The van der Waals surface area contributed by atoms with Crippen LogP contribution in [0.25, 0.3) is 11.1 Å². The number of hydrogen-bond donors (Lipinski definition) is 2. The van der Waals surface area contributed by atoms with E-state index in [9.17, 15) is 0 Å². The van der Waals surface area contributed by atoms with Crippen LogP contribution < -0.4 is 5.32 Å². The van der Waals surface area contributed by atoms with Crippen LogP contribution in [0.2, 0.25) is 0 Å². The van der Waals surface area contributed by atoms with Gasteiger partial charge in [-0.25, -0.2) is 0 Å². The maximum Gasteiger partial charge on any atom is 0.0599 e. The molecular formula is C15H19N3. The average molecular weight is 241 g/mol. The van der Waals surface area contributed by atoms with Crippen molar-refractivity contribution < 1.29 is 0 Å². The molecule has 1 atom stereocenters. The van der Waals surface area contributed by atoms with Crippen LogP contribution in [0, 0.1) is 0 Å². The molecule has 1 aromatic carbocycles. The van der Waals surface area contributed by atoms with Gasteiger partial charge in [0.15, 0.2) is 0 Å². The molecule has 2 aromatic rings. The first-order chi connectivity index (χ1) is 8.88. The number of rotatable bonds is 3. The third-order valence-corrected chi connectivity index (χ3v) is 3.75. The Morgan fingerprint density at radius 1 is 1.28 bits per heavy atom. The van der Waals surface area contributed by atoms with Gasteiger partial charge < -0.3 is 5.32 Å². The Hall–Kier alpha value is -1.61. The lowest BCUT2D eigenvalue weighted by molar-refractivity contribution is 0.626. The van der Waals surface area contributed by atoms with Crippen molar-refractivity contribution in [2.75, 3.05) is 6.54 Å². The molecule has 1 aromatic heterocycles. The number of aromatic amines is 1. The lowest BCUT2D eigenvalue weighted by atomic mass is 10.00. The van der Waals surface area contributed by atoms with Crippen LogP contribution in [-0.2, 0) is 6.42 Å². The van der Waals surface area contributed by atoms with Crippen molar-refractivity contribution in [3.8, 4) is 11.1 Å². The number of hydrogen-bond acceptors (Lipinski definition) is 2. The summed E-state index contributed by atoms with van der Waals surface area (Å²) in [5.74, 6) is 0. The van der Waals surface area contributed by atoms with E-state index in [4.69, 9.17) is 0 Å². The van der Waals surface area contributed by atoms with Crippen molar-refractivity contribution in [2.24, 2.45) is 0 Å². The molecule has 2 heterocycles. The van der Waals surface area contributed by atoms with Gasteiger partial charge in [0.2, 0.25) is 0 Å². The summed E-state index contributed by atoms with van der Waals surface area (Å²) in [5, 5.41) is 10.9. The van der Waals surface area contributed by atoms with Crippen molar-refractivity contribution in [3.05, 3.63) is 41.7 Å². The van der Waals surface area contributed by atoms with Crippen LogP contribution in [-0.4, -0.2) is 16.7 Å². The molecule has 3 nitrogen and oxygen atoms in total. The third kappa shape index (κ3) is 2.06. The fourth-order valence-corrected chi connectivity index (χ4v) is 2.64. The molecule has 1 fully saturated rings. The minimum Gasteiger partial charge on any atom is -0.309 e. The van der Waals surface area contributed by atoms with Gasteiger partial charge in [0.05, 0.1) is 11.9 Å². The van der Waals surface area contributed by atoms with Crippen LogP contribution in [0.1, 0.15) is 37.1 Å². The molecule has 1 unspecified atom stereocenters. The molecular weight excluding hydrogens is 222 g/mol. The number of aryl methyl sites for hydroxylation is 1. The highest BCUT2D eigenvalue weighted by atomic mass is 15.1. The quantitative estimate of drug-likeness (QED) is 0.867. The predicted molar refractivity (Wildman–Crippen MR) is 73.4 cm³/mol. The first kappa shape index (κ1) is 11.5. The van der Waals surface area contributed by atoms with Crippen molar-refractivity contribution in [2.45, 2.75) is 32.2 Å². The van der Waals surface area contributed by atoms with E-state index in [0.717, 1.165) is 13.0 Å². The van der Waals surface area contributed by atoms with Crippen LogP contribution in [0.4, 0.5) is 0 Å². The summed E-state index contributed by atoms with van der Waals surface area (Å²) in [6, 6.07) is 9.24. The van der Waals surface area contributed by atoms with Gasteiger partial charge in [-0.15, -0.1) is 0 Å². The molecule has 0 bridgehead atoms. The van der Waals surface area contributed by atoms with Crippen LogP contribution in [0.15, 0.2) is 30.5 Å². The first-order valence-corrected chi connectivity index (χ1v) is 6.74. The Morgan fingerprint density at radius 2 is 2.11 bits per heavy atom. The first-order valence-electron chi connectivity index (χ1n) is 6.74. The summed E-state index contributed by atoms with van der Waals surface area (Å²) in [4.78, 5) is 0. The van der Waals surface area contributed by atoms with Crippen molar-refractivity contribution in [3.63, 3.8) is 0 Å². The second-order valence-corrected chi connectivity index (χ2v) is 4.90. The Bertz CT molecular complexity index is 507. The molecule has 3 rings (SSSR count). The molecule has 18 heavy (non-hydrogen) atoms. The molecule has 0 radical (unpaired) electrons. The van der Waals surface area contributed by atoms with Crippen molar-refractivity contribution >= 4 is 0 Å². The summed E-state index contributed by atoms with van der Waals surface area (Å²) in [6.45, 7) is 3.29. The molecule has 3 heteroatoms. The fourth-order valence-electron chi connectivity index (χ4n) is 2.64. The molecule has 0 amide bonds. The molecule has 1 aliphatic heterocycles. The summed E-state index contributed by atoms with van der Waals surface area (Å²) in [5.41, 5.74) is 5.10. The van der Waals surface area contributed by atoms with Crippen LogP contribution >= 0.6 is 0 Å². The molecule has 1 aliphatic rings. The standard InChI is InChI=1S/C15H19N3/c1-2-11-5-7-12(8-6-11)13-10-17-18-15(13)14-4-3-9-16-14/h5-8,10,14,16H,2-4,9H2,1H3,(H,17,18). The maximum absolute atomic E-state index is 4.22. The van der Waals surface area contributed by atoms with Gasteiger partial charge in [0.1, 0.15) is 0 Å². The smallest absolute Gasteiger partial charge is 0.0599 e. The highest BCUT2D eigenvalue weighted by Crippen LogP contribution is 2.30. The van der Waals surface area contributed by atoms with Gasteiger partial charge in [0, 0.05) is 11.6 Å². The number of H-pyrrole nitrogens is 1. The molecule has 0 saturated carbocycles. The predicted octanol–water partition coefficient (Wildman–Crippen LogP) is 3.06. The second-order valence-electron chi connectivity index (χ2n) is 4.90. The van der Waals surface area contributed by atoms with E-state index in [1.807, 2.05) is 6.20 Å². The molecule has 1 saturated heterocycles. The zero-order valence-corrected chi connectivity index (χ0v) is 10.7. The molecule has 94 valence electrons. The molecule has 0 spiro atoms. The van der Waals surface area contributed by atoms with Crippen LogP contribution in [0.3, 0.4) is 0 Å². The Balaban J connectivity index is 1.93. The summed E-state index contributed by atoms with van der Waals surface area (Å²) in [6.07, 6.45) is 5.47. The largest absolute Gasteiger partial charge is 0.309 e. The monoisotopic (exact) mass is 241 g/mol. The van der Waals surface area contributed by atoms with Crippen LogP contribution in [0.5, 0.6) is 0 Å². The van der Waals surface area contributed by atoms with Gasteiger partial charge in [0.25, 0.3) is 0 Å². The number of benzene rings is 1. The highest BCUT2D eigenvalue weighted by Gasteiger charge is 2.21. The van der Waals surface area contributed by atoms with Crippen molar-refractivity contribution in [1.82, 2.24) is 15.5 Å². The maximum atomic E-state index is 4.22. The Kier molecular flexibility index (Phi) is 3.15. The summed E-state index contributed by atoms with van der Waals surface area (Å²) < 4.78 is 0. The third-order valence-electron chi connectivity index (χ3n) is 3.75. The lowest BCUT2D eigenvalue weighted by Gasteiger charge is -2.11.